The molecule has 0 radical (unpaired) electrons. The number of amides is 1. The van der Waals surface area contributed by atoms with Gasteiger partial charge in [0.25, 0.3) is 5.56 Å². The maximum Gasteiger partial charge on any atom is 0.265 e. The summed E-state index contributed by atoms with van der Waals surface area (Å²) in [6.45, 7) is 1.78. The molecule has 98 valence electrons. The molecule has 18 heavy (non-hydrogen) atoms. The van der Waals surface area contributed by atoms with Crippen LogP contribution in [0.4, 0.5) is 0 Å². The molecule has 0 aliphatic carbocycles. The van der Waals surface area contributed by atoms with E-state index in [9.17, 15) is 9.59 Å². The second kappa shape index (κ2) is 6.18. The van der Waals surface area contributed by atoms with Gasteiger partial charge in [-0.2, -0.15) is 0 Å². The lowest BCUT2D eigenvalue weighted by molar-refractivity contribution is -0.131. The predicted octanol–water partition coefficient (Wildman–Crippen LogP) is 2.01. The van der Waals surface area contributed by atoms with Crippen molar-refractivity contribution in [3.63, 3.8) is 0 Å². The molecule has 2 heterocycles. The smallest absolute Gasteiger partial charge is 0.265 e. The molecule has 1 fully saturated rings. The minimum absolute atomic E-state index is 0.0390. The Bertz CT molecular complexity index is 476. The van der Waals surface area contributed by atoms with Crippen LogP contribution in [-0.4, -0.2) is 28.5 Å². The predicted molar refractivity (Wildman–Crippen MR) is 73.5 cm³/mol. The van der Waals surface area contributed by atoms with Crippen LogP contribution in [0.3, 0.4) is 0 Å². The van der Waals surface area contributed by atoms with Crippen LogP contribution in [0.2, 0.25) is 0 Å². The first-order valence-electron chi connectivity index (χ1n) is 6.31. The quantitative estimate of drug-likeness (QED) is 0.838. The third kappa shape index (κ3) is 3.22. The van der Waals surface area contributed by atoms with E-state index >= 15 is 0 Å². The summed E-state index contributed by atoms with van der Waals surface area (Å²) >= 11 is 3.19. The van der Waals surface area contributed by atoms with Gasteiger partial charge in [0.05, 0.1) is 4.47 Å². The van der Waals surface area contributed by atoms with Crippen molar-refractivity contribution in [1.82, 2.24) is 9.47 Å². The number of hydrogen-bond acceptors (Lipinski definition) is 2. The van der Waals surface area contributed by atoms with Crippen molar-refractivity contribution in [1.29, 1.82) is 0 Å². The first-order valence-corrected chi connectivity index (χ1v) is 7.10. The lowest BCUT2D eigenvalue weighted by Gasteiger charge is -2.20. The van der Waals surface area contributed by atoms with Gasteiger partial charge in [-0.1, -0.05) is 12.8 Å². The first-order chi connectivity index (χ1) is 8.68. The number of hydrogen-bond donors (Lipinski definition) is 0. The summed E-state index contributed by atoms with van der Waals surface area (Å²) in [6.07, 6.45) is 6.18. The fourth-order valence-electron chi connectivity index (χ4n) is 2.20. The molecule has 5 heteroatoms. The Balaban J connectivity index is 2.06. The van der Waals surface area contributed by atoms with Crippen LogP contribution >= 0.6 is 15.9 Å². The SMILES string of the molecule is O=C(Cn1cccc(Br)c1=O)N1CCCCCC1. The highest BCUT2D eigenvalue weighted by molar-refractivity contribution is 9.10. The number of aromatic nitrogens is 1. The Hall–Kier alpha value is -1.10. The lowest BCUT2D eigenvalue weighted by atomic mass is 10.2. The van der Waals surface area contributed by atoms with Crippen molar-refractivity contribution in [2.24, 2.45) is 0 Å². The van der Waals surface area contributed by atoms with Crippen LogP contribution < -0.4 is 5.56 Å². The lowest BCUT2D eigenvalue weighted by Crippen LogP contribution is -2.37. The van der Waals surface area contributed by atoms with Crippen LogP contribution in [-0.2, 0) is 11.3 Å². The number of pyridine rings is 1. The number of likely N-dealkylation sites (tertiary alicyclic amines) is 1. The Morgan fingerprint density at radius 3 is 2.56 bits per heavy atom. The topological polar surface area (TPSA) is 42.3 Å². The number of rotatable bonds is 2. The summed E-state index contributed by atoms with van der Waals surface area (Å²) in [5.41, 5.74) is -0.152. The van der Waals surface area contributed by atoms with E-state index in [0.717, 1.165) is 25.9 Å². The maximum atomic E-state index is 12.1. The second-order valence-electron chi connectivity index (χ2n) is 4.58. The molecular formula is C13H17BrN2O2. The van der Waals surface area contributed by atoms with Gasteiger partial charge < -0.3 is 9.47 Å². The van der Waals surface area contributed by atoms with Gasteiger partial charge in [-0.25, -0.2) is 0 Å². The molecule has 1 aromatic heterocycles. The van der Waals surface area contributed by atoms with E-state index in [-0.39, 0.29) is 18.0 Å². The molecule has 0 bridgehead atoms. The highest BCUT2D eigenvalue weighted by atomic mass is 79.9. The number of carbonyl (C=O) groups is 1. The van der Waals surface area contributed by atoms with Gasteiger partial charge in [-0.05, 0) is 40.9 Å². The molecule has 1 aliphatic heterocycles. The van der Waals surface area contributed by atoms with E-state index in [1.54, 1.807) is 18.3 Å². The van der Waals surface area contributed by atoms with Crippen LogP contribution in [0.15, 0.2) is 27.6 Å². The summed E-state index contributed by atoms with van der Waals surface area (Å²) in [6, 6.07) is 3.45. The van der Waals surface area contributed by atoms with Crippen molar-refractivity contribution in [2.45, 2.75) is 32.2 Å². The third-order valence-electron chi connectivity index (χ3n) is 3.24. The van der Waals surface area contributed by atoms with E-state index in [0.29, 0.717) is 4.47 Å². The van der Waals surface area contributed by atoms with Crippen molar-refractivity contribution in [3.8, 4) is 0 Å². The van der Waals surface area contributed by atoms with Gasteiger partial charge in [-0.3, -0.25) is 9.59 Å². The van der Waals surface area contributed by atoms with Gasteiger partial charge >= 0.3 is 0 Å². The van der Waals surface area contributed by atoms with Gasteiger partial charge in [0, 0.05) is 19.3 Å². The Morgan fingerprint density at radius 2 is 1.89 bits per heavy atom. The van der Waals surface area contributed by atoms with Crippen LogP contribution in [0.5, 0.6) is 0 Å². The van der Waals surface area contributed by atoms with Crippen molar-refractivity contribution in [2.75, 3.05) is 13.1 Å². The van der Waals surface area contributed by atoms with Crippen LogP contribution in [0.25, 0.3) is 0 Å². The number of carbonyl (C=O) groups excluding carboxylic acids is 1. The van der Waals surface area contributed by atoms with E-state index in [2.05, 4.69) is 15.9 Å². The van der Waals surface area contributed by atoms with Crippen LogP contribution in [0, 0.1) is 0 Å². The molecule has 0 atom stereocenters. The van der Waals surface area contributed by atoms with E-state index in [1.165, 1.54) is 17.4 Å². The molecule has 0 unspecified atom stereocenters. The highest BCUT2D eigenvalue weighted by Crippen LogP contribution is 2.10. The zero-order chi connectivity index (χ0) is 13.0. The minimum atomic E-state index is -0.152. The van der Waals surface area contributed by atoms with E-state index in [1.807, 2.05) is 4.90 Å². The molecule has 0 spiro atoms. The summed E-state index contributed by atoms with van der Waals surface area (Å²) in [7, 11) is 0. The molecule has 0 N–H and O–H groups in total. The van der Waals surface area contributed by atoms with Gasteiger partial charge in [-0.15, -0.1) is 0 Å². The highest BCUT2D eigenvalue weighted by Gasteiger charge is 2.16. The Kier molecular flexibility index (Phi) is 4.58. The monoisotopic (exact) mass is 312 g/mol. The molecule has 1 amide bonds. The fraction of sp³-hybridized carbons (Fsp3) is 0.538. The van der Waals surface area contributed by atoms with Gasteiger partial charge in [0.2, 0.25) is 5.91 Å². The summed E-state index contributed by atoms with van der Waals surface area (Å²) in [5.74, 6) is 0.0390. The largest absolute Gasteiger partial charge is 0.341 e. The molecule has 0 saturated carbocycles. The van der Waals surface area contributed by atoms with Gasteiger partial charge in [0.15, 0.2) is 0 Å². The maximum absolute atomic E-state index is 12.1. The molecule has 1 saturated heterocycles. The molecular weight excluding hydrogens is 296 g/mol. The molecule has 1 aliphatic rings. The molecule has 0 aromatic carbocycles. The number of halogens is 1. The molecule has 4 nitrogen and oxygen atoms in total. The Labute approximate surface area is 115 Å². The second-order valence-corrected chi connectivity index (χ2v) is 5.44. The zero-order valence-electron chi connectivity index (χ0n) is 10.3. The normalized spacial score (nSPS) is 16.4. The summed E-state index contributed by atoms with van der Waals surface area (Å²) in [5, 5.41) is 0. The first kappa shape index (κ1) is 13.3. The van der Waals surface area contributed by atoms with Crippen molar-refractivity contribution in [3.05, 3.63) is 33.2 Å². The zero-order valence-corrected chi connectivity index (χ0v) is 11.9. The molecule has 2 rings (SSSR count). The Morgan fingerprint density at radius 1 is 1.22 bits per heavy atom. The fourth-order valence-corrected chi connectivity index (χ4v) is 2.58. The summed E-state index contributed by atoms with van der Waals surface area (Å²) < 4.78 is 1.95. The average Bonchev–Trinajstić information content (AvgIpc) is 2.63. The van der Waals surface area contributed by atoms with Crippen LogP contribution in [0.1, 0.15) is 25.7 Å². The number of nitrogens with zero attached hydrogens (tertiary/aromatic N) is 2. The van der Waals surface area contributed by atoms with Gasteiger partial charge in [0.1, 0.15) is 6.54 Å². The van der Waals surface area contributed by atoms with Crippen molar-refractivity contribution >= 4 is 21.8 Å². The third-order valence-corrected chi connectivity index (χ3v) is 3.84. The standard InChI is InChI=1S/C13H17BrN2O2/c14-11-6-5-9-16(13(11)18)10-12(17)15-7-3-1-2-4-8-15/h5-6,9H,1-4,7-8,10H2. The van der Waals surface area contributed by atoms with E-state index < -0.39 is 0 Å². The van der Waals surface area contributed by atoms with Crippen molar-refractivity contribution < 1.29 is 4.79 Å². The van der Waals surface area contributed by atoms with E-state index in [4.69, 9.17) is 0 Å². The molecule has 1 aromatic rings. The minimum Gasteiger partial charge on any atom is -0.341 e. The average molecular weight is 313 g/mol. The summed E-state index contributed by atoms with van der Waals surface area (Å²) in [4.78, 5) is 25.8.